The summed E-state index contributed by atoms with van der Waals surface area (Å²) in [5.41, 5.74) is 0.631. The van der Waals surface area contributed by atoms with Crippen LogP contribution < -0.4 is 4.72 Å². The normalized spacial score (nSPS) is 11.1. The summed E-state index contributed by atoms with van der Waals surface area (Å²) in [6.07, 6.45) is 1.47. The van der Waals surface area contributed by atoms with Crippen molar-refractivity contribution >= 4 is 39.1 Å². The molecule has 2 N–H and O–H groups in total. The number of sulfonamides is 1. The first-order chi connectivity index (χ1) is 9.85. The maximum absolute atomic E-state index is 12.4. The molecule has 0 bridgehead atoms. The summed E-state index contributed by atoms with van der Waals surface area (Å²) in [7, 11) is -3.84. The molecule has 1 heterocycles. The zero-order valence-corrected chi connectivity index (χ0v) is 12.8. The maximum atomic E-state index is 12.4. The van der Waals surface area contributed by atoms with Crippen LogP contribution >= 0.6 is 11.3 Å². The maximum Gasteiger partial charge on any atom is 0.348 e. The summed E-state index contributed by atoms with van der Waals surface area (Å²) in [6, 6.07) is 7.95. The van der Waals surface area contributed by atoms with E-state index in [9.17, 15) is 13.2 Å². The van der Waals surface area contributed by atoms with E-state index in [1.807, 2.05) is 0 Å². The van der Waals surface area contributed by atoms with Gasteiger partial charge < -0.3 is 5.11 Å². The molecule has 0 aliphatic heterocycles. The molecular formula is C14H13NO4S2. The van der Waals surface area contributed by atoms with Gasteiger partial charge in [-0.2, -0.15) is 0 Å². The lowest BCUT2D eigenvalue weighted by atomic mass is 10.2. The standard InChI is InChI=1S/C14H13NO4S2/c1-3-10-8-11(13(20-10)14(16)17)15-21(18,19)12-7-5-4-6-9(12)2/h3-8,15H,1H2,2H3,(H,16,17). The fourth-order valence-electron chi connectivity index (χ4n) is 1.80. The lowest BCUT2D eigenvalue weighted by Crippen LogP contribution is -2.15. The third-order valence-corrected chi connectivity index (χ3v) is 5.42. The van der Waals surface area contributed by atoms with E-state index < -0.39 is 16.0 Å². The summed E-state index contributed by atoms with van der Waals surface area (Å²) < 4.78 is 27.1. The number of benzene rings is 1. The van der Waals surface area contributed by atoms with Gasteiger partial charge in [-0.05, 0) is 24.6 Å². The molecule has 0 saturated heterocycles. The van der Waals surface area contributed by atoms with Crippen LogP contribution in [0.15, 0.2) is 41.8 Å². The molecule has 110 valence electrons. The minimum absolute atomic E-state index is 0.0469. The Balaban J connectivity index is 2.46. The predicted molar refractivity (Wildman–Crippen MR) is 83.4 cm³/mol. The summed E-state index contributed by atoms with van der Waals surface area (Å²) in [4.78, 5) is 11.8. The molecule has 0 amide bonds. The lowest BCUT2D eigenvalue weighted by Gasteiger charge is -2.09. The minimum atomic E-state index is -3.84. The highest BCUT2D eigenvalue weighted by Crippen LogP contribution is 2.30. The van der Waals surface area contributed by atoms with Gasteiger partial charge in [0.2, 0.25) is 0 Å². The number of carboxylic acid groups (broad SMARTS) is 1. The van der Waals surface area contributed by atoms with Crippen LogP contribution in [0, 0.1) is 6.92 Å². The lowest BCUT2D eigenvalue weighted by molar-refractivity contribution is 0.0703. The molecule has 7 heteroatoms. The third-order valence-electron chi connectivity index (χ3n) is 2.77. The summed E-state index contributed by atoms with van der Waals surface area (Å²) in [6.45, 7) is 5.23. The number of thiophene rings is 1. The van der Waals surface area contributed by atoms with E-state index in [1.165, 1.54) is 18.2 Å². The molecule has 21 heavy (non-hydrogen) atoms. The topological polar surface area (TPSA) is 83.5 Å². The zero-order valence-electron chi connectivity index (χ0n) is 11.2. The van der Waals surface area contributed by atoms with Crippen LogP contribution in [0.1, 0.15) is 20.1 Å². The quantitative estimate of drug-likeness (QED) is 0.885. The van der Waals surface area contributed by atoms with Gasteiger partial charge in [0.25, 0.3) is 10.0 Å². The van der Waals surface area contributed by atoms with Gasteiger partial charge in [-0.25, -0.2) is 13.2 Å². The number of hydrogen-bond acceptors (Lipinski definition) is 4. The van der Waals surface area contributed by atoms with Crippen molar-refractivity contribution in [2.45, 2.75) is 11.8 Å². The van der Waals surface area contributed by atoms with E-state index in [0.29, 0.717) is 10.4 Å². The number of carboxylic acids is 1. The van der Waals surface area contributed by atoms with Crippen LogP contribution in [0.4, 0.5) is 5.69 Å². The molecule has 0 unspecified atom stereocenters. The van der Waals surface area contributed by atoms with Gasteiger partial charge in [-0.15, -0.1) is 11.3 Å². The minimum Gasteiger partial charge on any atom is -0.477 e. The smallest absolute Gasteiger partial charge is 0.348 e. The number of carbonyl (C=O) groups is 1. The number of hydrogen-bond donors (Lipinski definition) is 2. The third kappa shape index (κ3) is 3.14. The molecule has 2 rings (SSSR count). The Morgan fingerprint density at radius 2 is 2.05 bits per heavy atom. The Morgan fingerprint density at radius 3 is 2.62 bits per heavy atom. The predicted octanol–water partition coefficient (Wildman–Crippen LogP) is 3.20. The number of anilines is 1. The highest BCUT2D eigenvalue weighted by molar-refractivity contribution is 7.92. The van der Waals surface area contributed by atoms with Crippen LogP contribution in [0.5, 0.6) is 0 Å². The largest absolute Gasteiger partial charge is 0.477 e. The van der Waals surface area contributed by atoms with E-state index in [4.69, 9.17) is 5.11 Å². The van der Waals surface area contributed by atoms with Gasteiger partial charge >= 0.3 is 5.97 Å². The summed E-state index contributed by atoms with van der Waals surface area (Å²) >= 11 is 0.963. The van der Waals surface area contributed by atoms with Crippen molar-refractivity contribution in [1.29, 1.82) is 0 Å². The van der Waals surface area contributed by atoms with E-state index in [0.717, 1.165) is 11.3 Å². The van der Waals surface area contributed by atoms with Crippen LogP contribution in [0.3, 0.4) is 0 Å². The first kappa shape index (κ1) is 15.3. The molecule has 2 aromatic rings. The Kier molecular flexibility index (Phi) is 4.15. The monoisotopic (exact) mass is 323 g/mol. The van der Waals surface area contributed by atoms with Gasteiger partial charge in [0.15, 0.2) is 0 Å². The molecule has 5 nitrogen and oxygen atoms in total. The molecular weight excluding hydrogens is 310 g/mol. The average molecular weight is 323 g/mol. The first-order valence-corrected chi connectivity index (χ1v) is 8.23. The summed E-state index contributed by atoms with van der Waals surface area (Å²) in [5, 5.41) is 9.14. The van der Waals surface area contributed by atoms with Gasteiger partial charge in [-0.1, -0.05) is 30.9 Å². The van der Waals surface area contributed by atoms with E-state index in [1.54, 1.807) is 25.1 Å². The van der Waals surface area contributed by atoms with Gasteiger partial charge in [0, 0.05) is 4.88 Å². The number of aromatic carboxylic acids is 1. The van der Waals surface area contributed by atoms with E-state index in [-0.39, 0.29) is 15.5 Å². The van der Waals surface area contributed by atoms with Gasteiger partial charge in [0.1, 0.15) is 4.88 Å². The van der Waals surface area contributed by atoms with Crippen molar-refractivity contribution in [2.24, 2.45) is 0 Å². The van der Waals surface area contributed by atoms with Gasteiger partial charge in [0.05, 0.1) is 10.6 Å². The molecule has 0 aliphatic rings. The average Bonchev–Trinajstić information content (AvgIpc) is 2.81. The molecule has 1 aromatic heterocycles. The molecule has 1 aromatic carbocycles. The van der Waals surface area contributed by atoms with Crippen LogP contribution in [-0.4, -0.2) is 19.5 Å². The number of rotatable bonds is 5. The number of nitrogens with one attached hydrogen (secondary N) is 1. The van der Waals surface area contributed by atoms with Crippen LogP contribution in [0.25, 0.3) is 6.08 Å². The molecule has 0 radical (unpaired) electrons. The second-order valence-electron chi connectivity index (χ2n) is 4.27. The van der Waals surface area contributed by atoms with E-state index in [2.05, 4.69) is 11.3 Å². The Hall–Kier alpha value is -2.12. The SMILES string of the molecule is C=Cc1cc(NS(=O)(=O)c2ccccc2C)c(C(=O)O)s1. The molecule has 0 spiro atoms. The zero-order chi connectivity index (χ0) is 15.6. The summed E-state index contributed by atoms with van der Waals surface area (Å²) in [5.74, 6) is -1.18. The van der Waals surface area contributed by atoms with Crippen molar-refractivity contribution < 1.29 is 18.3 Å². The van der Waals surface area contributed by atoms with Crippen LogP contribution in [-0.2, 0) is 10.0 Å². The van der Waals surface area contributed by atoms with Crippen molar-refractivity contribution in [3.05, 3.63) is 52.2 Å². The molecule has 0 saturated carbocycles. The fourth-order valence-corrected chi connectivity index (χ4v) is 3.98. The molecule has 0 aliphatic carbocycles. The van der Waals surface area contributed by atoms with Crippen LogP contribution in [0.2, 0.25) is 0 Å². The Labute approximate surface area is 126 Å². The Morgan fingerprint density at radius 1 is 1.38 bits per heavy atom. The molecule has 0 atom stereocenters. The Bertz CT molecular complexity index is 806. The fraction of sp³-hybridized carbons (Fsp3) is 0.0714. The van der Waals surface area contributed by atoms with Gasteiger partial charge in [-0.3, -0.25) is 4.72 Å². The van der Waals surface area contributed by atoms with Crippen molar-refractivity contribution in [3.8, 4) is 0 Å². The highest BCUT2D eigenvalue weighted by atomic mass is 32.2. The van der Waals surface area contributed by atoms with E-state index >= 15 is 0 Å². The van der Waals surface area contributed by atoms with Crippen molar-refractivity contribution in [1.82, 2.24) is 0 Å². The van der Waals surface area contributed by atoms with Crippen molar-refractivity contribution in [3.63, 3.8) is 0 Å². The highest BCUT2D eigenvalue weighted by Gasteiger charge is 2.22. The van der Waals surface area contributed by atoms with Crippen molar-refractivity contribution in [2.75, 3.05) is 4.72 Å². The second kappa shape index (κ2) is 5.71. The second-order valence-corrected chi connectivity index (χ2v) is 7.01. The number of aryl methyl sites for hydroxylation is 1. The first-order valence-electron chi connectivity index (χ1n) is 5.93. The molecule has 0 fully saturated rings.